The third-order valence-corrected chi connectivity index (χ3v) is 4.48. The number of rotatable bonds is 1. The van der Waals surface area contributed by atoms with E-state index in [4.69, 9.17) is 11.6 Å². The predicted octanol–water partition coefficient (Wildman–Crippen LogP) is 3.10. The van der Waals surface area contributed by atoms with Crippen LogP contribution in [0.5, 0.6) is 0 Å². The van der Waals surface area contributed by atoms with Crippen molar-refractivity contribution in [2.45, 2.75) is 6.42 Å². The maximum absolute atomic E-state index is 11.8. The summed E-state index contributed by atoms with van der Waals surface area (Å²) in [7, 11) is 0. The predicted molar refractivity (Wildman–Crippen MR) is 70.5 cm³/mol. The van der Waals surface area contributed by atoms with Crippen LogP contribution in [0.25, 0.3) is 0 Å². The van der Waals surface area contributed by atoms with E-state index in [2.05, 4.69) is 9.98 Å². The molecule has 6 heteroatoms. The second kappa shape index (κ2) is 5.70. The lowest BCUT2D eigenvalue weighted by molar-refractivity contribution is 0.100. The minimum absolute atomic E-state index is 0.249. The molecule has 0 saturated carbocycles. The van der Waals surface area contributed by atoms with Crippen LogP contribution >= 0.6 is 35.1 Å². The van der Waals surface area contributed by atoms with E-state index in [1.807, 2.05) is 0 Å². The molecule has 0 spiro atoms. The molecular weight excluding hydrogens is 264 g/mol. The Morgan fingerprint density at radius 2 is 2.19 bits per heavy atom. The van der Waals surface area contributed by atoms with Gasteiger partial charge in [0.05, 0.1) is 0 Å². The molecule has 0 unspecified atom stereocenters. The van der Waals surface area contributed by atoms with Crippen LogP contribution in [0.3, 0.4) is 0 Å². The van der Waals surface area contributed by atoms with Crippen LogP contribution in [0, 0.1) is 0 Å². The Morgan fingerprint density at radius 1 is 1.44 bits per heavy atom. The molecule has 0 radical (unpaired) electrons. The van der Waals surface area contributed by atoms with Crippen LogP contribution in [-0.2, 0) is 0 Å². The SMILES string of the molecule is O=C(N=C1SCCCS1)c1ccnc(Cl)c1. The smallest absolute Gasteiger partial charge is 0.267 e. The van der Waals surface area contributed by atoms with Crippen molar-refractivity contribution in [2.75, 3.05) is 11.5 Å². The van der Waals surface area contributed by atoms with E-state index >= 15 is 0 Å². The van der Waals surface area contributed by atoms with Crippen molar-refractivity contribution < 1.29 is 4.79 Å². The monoisotopic (exact) mass is 272 g/mol. The molecule has 2 heterocycles. The molecule has 0 aliphatic carbocycles. The Bertz CT molecular complexity index is 429. The molecule has 1 aromatic heterocycles. The van der Waals surface area contributed by atoms with Crippen molar-refractivity contribution >= 4 is 45.4 Å². The number of carbonyl (C=O) groups is 1. The summed E-state index contributed by atoms with van der Waals surface area (Å²) < 4.78 is 0.851. The molecule has 84 valence electrons. The van der Waals surface area contributed by atoms with Crippen molar-refractivity contribution in [3.63, 3.8) is 0 Å². The fourth-order valence-corrected chi connectivity index (χ4v) is 3.58. The second-order valence-corrected chi connectivity index (χ2v) is 5.91. The number of carbonyl (C=O) groups excluding carboxylic acids is 1. The zero-order chi connectivity index (χ0) is 11.4. The van der Waals surface area contributed by atoms with E-state index < -0.39 is 0 Å². The summed E-state index contributed by atoms with van der Waals surface area (Å²) >= 11 is 8.98. The van der Waals surface area contributed by atoms with Crippen LogP contribution < -0.4 is 0 Å². The highest BCUT2D eigenvalue weighted by molar-refractivity contribution is 8.39. The Hall–Kier alpha value is -0.520. The highest BCUT2D eigenvalue weighted by atomic mass is 35.5. The summed E-state index contributed by atoms with van der Waals surface area (Å²) in [5.74, 6) is 1.83. The lowest BCUT2D eigenvalue weighted by Gasteiger charge is -2.10. The molecule has 1 fully saturated rings. The van der Waals surface area contributed by atoms with E-state index in [1.54, 1.807) is 29.6 Å². The van der Waals surface area contributed by atoms with Crippen LogP contribution in [-0.4, -0.2) is 26.8 Å². The van der Waals surface area contributed by atoms with Crippen molar-refractivity contribution in [1.29, 1.82) is 0 Å². The van der Waals surface area contributed by atoms with Gasteiger partial charge in [-0.05, 0) is 18.6 Å². The van der Waals surface area contributed by atoms with Crippen molar-refractivity contribution in [3.8, 4) is 0 Å². The molecule has 16 heavy (non-hydrogen) atoms. The fraction of sp³-hybridized carbons (Fsp3) is 0.300. The van der Waals surface area contributed by atoms with Crippen LogP contribution in [0.2, 0.25) is 5.15 Å². The summed E-state index contributed by atoms with van der Waals surface area (Å²) in [6.07, 6.45) is 2.68. The molecule has 0 N–H and O–H groups in total. The first-order valence-electron chi connectivity index (χ1n) is 4.76. The van der Waals surface area contributed by atoms with E-state index in [-0.39, 0.29) is 5.91 Å². The normalized spacial score (nSPS) is 15.9. The lowest BCUT2D eigenvalue weighted by atomic mass is 10.3. The Kier molecular flexibility index (Phi) is 4.26. The summed E-state index contributed by atoms with van der Waals surface area (Å²) in [4.78, 5) is 19.7. The van der Waals surface area contributed by atoms with Gasteiger partial charge in [-0.2, -0.15) is 4.99 Å². The molecule has 3 nitrogen and oxygen atoms in total. The van der Waals surface area contributed by atoms with Gasteiger partial charge in [0.15, 0.2) is 0 Å². The number of nitrogens with zero attached hydrogens (tertiary/aromatic N) is 2. The molecular formula is C10H9ClN2OS2. The first-order valence-corrected chi connectivity index (χ1v) is 7.11. The molecule has 0 atom stereocenters. The molecule has 1 saturated heterocycles. The summed E-state index contributed by atoms with van der Waals surface area (Å²) in [6.45, 7) is 0. The van der Waals surface area contributed by atoms with E-state index in [9.17, 15) is 4.79 Å². The number of hydrogen-bond donors (Lipinski definition) is 0. The van der Waals surface area contributed by atoms with Gasteiger partial charge in [0, 0.05) is 23.3 Å². The number of thioether (sulfide) groups is 2. The topological polar surface area (TPSA) is 42.3 Å². The average molecular weight is 273 g/mol. The van der Waals surface area contributed by atoms with Gasteiger partial charge in [0.25, 0.3) is 5.91 Å². The third kappa shape index (κ3) is 3.23. The van der Waals surface area contributed by atoms with Gasteiger partial charge < -0.3 is 0 Å². The zero-order valence-corrected chi connectivity index (χ0v) is 10.7. The summed E-state index contributed by atoms with van der Waals surface area (Å²) in [6, 6.07) is 3.16. The number of aliphatic imine (C=N–C) groups is 1. The van der Waals surface area contributed by atoms with Crippen molar-refractivity contribution in [2.24, 2.45) is 4.99 Å². The summed E-state index contributed by atoms with van der Waals surface area (Å²) in [5, 5.41) is 0.315. The van der Waals surface area contributed by atoms with E-state index in [0.717, 1.165) is 15.9 Å². The maximum atomic E-state index is 11.8. The summed E-state index contributed by atoms with van der Waals surface area (Å²) in [5.41, 5.74) is 0.485. The second-order valence-electron chi connectivity index (χ2n) is 3.10. The Balaban J connectivity index is 2.13. The number of amides is 1. The Labute approximate surface area is 107 Å². The molecule has 0 aromatic carbocycles. The largest absolute Gasteiger partial charge is 0.278 e. The molecule has 0 bridgehead atoms. The average Bonchev–Trinajstić information content (AvgIpc) is 2.30. The van der Waals surface area contributed by atoms with Gasteiger partial charge in [0.2, 0.25) is 0 Å². The highest BCUT2D eigenvalue weighted by Gasteiger charge is 2.11. The first-order chi connectivity index (χ1) is 7.75. The van der Waals surface area contributed by atoms with Crippen LogP contribution in [0.15, 0.2) is 23.3 Å². The number of hydrogen-bond acceptors (Lipinski definition) is 4. The molecule has 1 aromatic rings. The van der Waals surface area contributed by atoms with Crippen molar-refractivity contribution in [3.05, 3.63) is 29.0 Å². The third-order valence-electron chi connectivity index (χ3n) is 1.91. The van der Waals surface area contributed by atoms with Gasteiger partial charge in [-0.15, -0.1) is 0 Å². The number of aromatic nitrogens is 1. The van der Waals surface area contributed by atoms with Gasteiger partial charge >= 0.3 is 0 Å². The fourth-order valence-electron chi connectivity index (χ4n) is 1.17. The van der Waals surface area contributed by atoms with Gasteiger partial charge in [0.1, 0.15) is 9.53 Å². The molecule has 1 aliphatic heterocycles. The van der Waals surface area contributed by atoms with Gasteiger partial charge in [-0.3, -0.25) is 4.79 Å². The zero-order valence-electron chi connectivity index (χ0n) is 8.35. The van der Waals surface area contributed by atoms with Gasteiger partial charge in [-0.1, -0.05) is 35.1 Å². The number of pyridine rings is 1. The van der Waals surface area contributed by atoms with Gasteiger partial charge in [-0.25, -0.2) is 4.98 Å². The first kappa shape index (κ1) is 12.0. The Morgan fingerprint density at radius 3 is 2.88 bits per heavy atom. The quantitative estimate of drug-likeness (QED) is 0.737. The molecule has 2 rings (SSSR count). The minimum Gasteiger partial charge on any atom is -0.267 e. The minimum atomic E-state index is -0.249. The van der Waals surface area contributed by atoms with Crippen LogP contribution in [0.1, 0.15) is 16.8 Å². The van der Waals surface area contributed by atoms with E-state index in [1.165, 1.54) is 18.7 Å². The molecule has 1 aliphatic rings. The van der Waals surface area contributed by atoms with Crippen LogP contribution in [0.4, 0.5) is 0 Å². The molecule has 1 amide bonds. The van der Waals surface area contributed by atoms with Crippen molar-refractivity contribution in [1.82, 2.24) is 4.98 Å². The van der Waals surface area contributed by atoms with E-state index in [0.29, 0.717) is 10.7 Å². The maximum Gasteiger partial charge on any atom is 0.278 e. The lowest BCUT2D eigenvalue weighted by Crippen LogP contribution is -2.04. The number of halogens is 1. The standard InChI is InChI=1S/C10H9ClN2OS2/c11-8-6-7(2-3-12-8)9(14)13-10-15-4-1-5-16-10/h2-3,6H,1,4-5H2. The highest BCUT2D eigenvalue weighted by Crippen LogP contribution is 2.25.